The average molecular weight is 392 g/mol. The largest absolute Gasteiger partial charge is 0.490 e. The second-order valence-corrected chi connectivity index (χ2v) is 7.98. The number of para-hydroxylation sites is 1. The van der Waals surface area contributed by atoms with Crippen molar-refractivity contribution in [2.24, 2.45) is 0 Å². The van der Waals surface area contributed by atoms with E-state index in [-0.39, 0.29) is 35.3 Å². The van der Waals surface area contributed by atoms with E-state index in [1.165, 1.54) is 25.2 Å². The molecule has 0 unspecified atom stereocenters. The smallest absolute Gasteiger partial charge is 0.258 e. The Morgan fingerprint density at radius 2 is 2.00 bits per heavy atom. The molecule has 0 saturated carbocycles. The van der Waals surface area contributed by atoms with Gasteiger partial charge in [-0.05, 0) is 49.7 Å². The second kappa shape index (κ2) is 7.66. The topological polar surface area (TPSA) is 75.7 Å². The minimum atomic E-state index is -3.57. The molecule has 0 saturated heterocycles. The minimum Gasteiger partial charge on any atom is -0.490 e. The third-order valence-corrected chi connectivity index (χ3v) is 6.05. The summed E-state index contributed by atoms with van der Waals surface area (Å²) in [5, 5.41) is 0. The summed E-state index contributed by atoms with van der Waals surface area (Å²) >= 11 is 0. The highest BCUT2D eigenvalue weighted by Crippen LogP contribution is 2.29. The summed E-state index contributed by atoms with van der Waals surface area (Å²) in [6, 6.07) is 9.28. The molecule has 0 aromatic heterocycles. The standard InChI is InChI=1S/C19H21FN2O4S/c1-3-26-18-15(7-5-8-16(18)20)19(23)22-11-10-14-13(12-22)6-4-9-17(14)27(24,25)21-2/h4-9,21H,3,10-12H2,1-2H3. The predicted molar refractivity (Wildman–Crippen MR) is 98.7 cm³/mol. The summed E-state index contributed by atoms with van der Waals surface area (Å²) in [5.74, 6) is -0.977. The molecule has 0 atom stereocenters. The van der Waals surface area contributed by atoms with Crippen LogP contribution in [-0.2, 0) is 23.0 Å². The molecule has 1 aliphatic rings. The first-order valence-corrected chi connectivity index (χ1v) is 10.1. The first-order valence-electron chi connectivity index (χ1n) is 8.64. The fraction of sp³-hybridized carbons (Fsp3) is 0.316. The van der Waals surface area contributed by atoms with Crippen molar-refractivity contribution in [2.75, 3.05) is 20.2 Å². The number of amides is 1. The molecule has 144 valence electrons. The highest BCUT2D eigenvalue weighted by Gasteiger charge is 2.28. The molecule has 1 heterocycles. The number of sulfonamides is 1. The van der Waals surface area contributed by atoms with Crippen LogP contribution in [0, 0.1) is 5.82 Å². The summed E-state index contributed by atoms with van der Waals surface area (Å²) in [5.41, 5.74) is 1.64. The van der Waals surface area contributed by atoms with E-state index in [1.807, 2.05) is 0 Å². The normalized spacial score (nSPS) is 14.0. The van der Waals surface area contributed by atoms with Gasteiger partial charge in [-0.15, -0.1) is 0 Å². The SMILES string of the molecule is CCOc1c(F)cccc1C(=O)N1CCc2c(cccc2S(=O)(=O)NC)C1. The lowest BCUT2D eigenvalue weighted by molar-refractivity contribution is 0.0728. The van der Waals surface area contributed by atoms with E-state index in [2.05, 4.69) is 4.72 Å². The van der Waals surface area contributed by atoms with Crippen molar-refractivity contribution < 1.29 is 22.3 Å². The quantitative estimate of drug-likeness (QED) is 0.847. The zero-order chi connectivity index (χ0) is 19.6. The predicted octanol–water partition coefficient (Wildman–Crippen LogP) is 2.33. The van der Waals surface area contributed by atoms with Gasteiger partial charge in [0.25, 0.3) is 5.91 Å². The lowest BCUT2D eigenvalue weighted by Gasteiger charge is -2.30. The second-order valence-electron chi connectivity index (χ2n) is 6.13. The molecular formula is C19H21FN2O4S. The number of hydrogen-bond acceptors (Lipinski definition) is 4. The summed E-state index contributed by atoms with van der Waals surface area (Å²) < 4.78 is 46.1. The lowest BCUT2D eigenvalue weighted by Crippen LogP contribution is -2.37. The Kier molecular flexibility index (Phi) is 5.48. The van der Waals surface area contributed by atoms with Crippen molar-refractivity contribution in [3.05, 3.63) is 58.9 Å². The van der Waals surface area contributed by atoms with E-state index in [0.29, 0.717) is 18.5 Å². The zero-order valence-corrected chi connectivity index (χ0v) is 16.0. The first-order chi connectivity index (χ1) is 12.9. The van der Waals surface area contributed by atoms with Crippen molar-refractivity contribution in [1.29, 1.82) is 0 Å². The number of fused-ring (bicyclic) bond motifs is 1. The molecule has 1 amide bonds. The van der Waals surface area contributed by atoms with E-state index >= 15 is 0 Å². The Morgan fingerprint density at radius 1 is 1.26 bits per heavy atom. The molecule has 2 aromatic rings. The van der Waals surface area contributed by atoms with Crippen LogP contribution < -0.4 is 9.46 Å². The number of rotatable bonds is 5. The van der Waals surface area contributed by atoms with Gasteiger partial charge in [-0.2, -0.15) is 0 Å². The fourth-order valence-electron chi connectivity index (χ4n) is 3.25. The van der Waals surface area contributed by atoms with Crippen LogP contribution in [0.4, 0.5) is 4.39 Å². The number of ether oxygens (including phenoxy) is 1. The number of carbonyl (C=O) groups excluding carboxylic acids is 1. The van der Waals surface area contributed by atoms with Crippen LogP contribution in [0.1, 0.15) is 28.4 Å². The van der Waals surface area contributed by atoms with E-state index in [4.69, 9.17) is 4.74 Å². The molecule has 8 heteroatoms. The van der Waals surface area contributed by atoms with E-state index < -0.39 is 15.8 Å². The average Bonchev–Trinajstić information content (AvgIpc) is 2.68. The van der Waals surface area contributed by atoms with Crippen molar-refractivity contribution in [3.8, 4) is 5.75 Å². The molecule has 0 fully saturated rings. The van der Waals surface area contributed by atoms with E-state index in [9.17, 15) is 17.6 Å². The molecule has 0 radical (unpaired) electrons. The van der Waals surface area contributed by atoms with Gasteiger partial charge in [-0.1, -0.05) is 18.2 Å². The number of nitrogens with zero attached hydrogens (tertiary/aromatic N) is 1. The number of carbonyl (C=O) groups is 1. The fourth-order valence-corrected chi connectivity index (χ4v) is 4.28. The summed E-state index contributed by atoms with van der Waals surface area (Å²) in [4.78, 5) is 14.8. The number of halogens is 1. The first kappa shape index (κ1) is 19.3. The van der Waals surface area contributed by atoms with Gasteiger partial charge in [0.05, 0.1) is 17.1 Å². The third kappa shape index (κ3) is 3.68. The molecule has 3 rings (SSSR count). The Balaban J connectivity index is 1.93. The van der Waals surface area contributed by atoms with Crippen molar-refractivity contribution in [2.45, 2.75) is 24.8 Å². The lowest BCUT2D eigenvalue weighted by atomic mass is 9.99. The monoisotopic (exact) mass is 392 g/mol. The molecule has 6 nitrogen and oxygen atoms in total. The molecular weight excluding hydrogens is 371 g/mol. The Labute approximate surface area is 158 Å². The maximum Gasteiger partial charge on any atom is 0.258 e. The van der Waals surface area contributed by atoms with Crippen LogP contribution in [0.3, 0.4) is 0 Å². The summed E-state index contributed by atoms with van der Waals surface area (Å²) in [7, 11) is -2.20. The van der Waals surface area contributed by atoms with Crippen molar-refractivity contribution >= 4 is 15.9 Å². The molecule has 1 N–H and O–H groups in total. The van der Waals surface area contributed by atoms with Gasteiger partial charge in [0.2, 0.25) is 10.0 Å². The van der Waals surface area contributed by atoms with Crippen LogP contribution in [-0.4, -0.2) is 39.4 Å². The zero-order valence-electron chi connectivity index (χ0n) is 15.2. The van der Waals surface area contributed by atoms with Crippen LogP contribution in [0.5, 0.6) is 5.75 Å². The van der Waals surface area contributed by atoms with Crippen molar-refractivity contribution in [3.63, 3.8) is 0 Å². The molecule has 0 aliphatic carbocycles. The van der Waals surface area contributed by atoms with Crippen LogP contribution in [0.15, 0.2) is 41.3 Å². The Bertz CT molecular complexity index is 976. The molecule has 0 spiro atoms. The van der Waals surface area contributed by atoms with Crippen LogP contribution in [0.2, 0.25) is 0 Å². The van der Waals surface area contributed by atoms with Gasteiger partial charge in [0.1, 0.15) is 0 Å². The van der Waals surface area contributed by atoms with E-state index in [1.54, 1.807) is 30.0 Å². The molecule has 0 bridgehead atoms. The highest BCUT2D eigenvalue weighted by atomic mass is 32.2. The van der Waals surface area contributed by atoms with Gasteiger partial charge in [0, 0.05) is 13.1 Å². The van der Waals surface area contributed by atoms with Gasteiger partial charge in [-0.25, -0.2) is 17.5 Å². The number of nitrogens with one attached hydrogen (secondary N) is 1. The third-order valence-electron chi connectivity index (χ3n) is 4.55. The Morgan fingerprint density at radius 3 is 2.70 bits per heavy atom. The van der Waals surface area contributed by atoms with Crippen LogP contribution >= 0.6 is 0 Å². The maximum absolute atomic E-state index is 14.1. The van der Waals surface area contributed by atoms with Gasteiger partial charge < -0.3 is 9.64 Å². The van der Waals surface area contributed by atoms with Crippen molar-refractivity contribution in [1.82, 2.24) is 9.62 Å². The highest BCUT2D eigenvalue weighted by molar-refractivity contribution is 7.89. The maximum atomic E-state index is 14.1. The van der Waals surface area contributed by atoms with Gasteiger partial charge in [0.15, 0.2) is 11.6 Å². The molecule has 1 aliphatic heterocycles. The van der Waals surface area contributed by atoms with Gasteiger partial charge in [-0.3, -0.25) is 4.79 Å². The summed E-state index contributed by atoms with van der Waals surface area (Å²) in [6.45, 7) is 2.56. The summed E-state index contributed by atoms with van der Waals surface area (Å²) in [6.07, 6.45) is 0.400. The van der Waals surface area contributed by atoms with Gasteiger partial charge >= 0.3 is 0 Å². The van der Waals surface area contributed by atoms with E-state index in [0.717, 1.165) is 5.56 Å². The molecule has 2 aromatic carbocycles. The number of hydrogen-bond donors (Lipinski definition) is 1. The van der Waals surface area contributed by atoms with Crippen LogP contribution in [0.25, 0.3) is 0 Å². The number of benzene rings is 2. The Hall–Kier alpha value is -2.45. The minimum absolute atomic E-state index is 0.0534. The molecule has 27 heavy (non-hydrogen) atoms.